The number of carbonyl (C=O) groups excluding carboxylic acids is 1. The molecule has 120 valence electrons. The zero-order chi connectivity index (χ0) is 16.0. The van der Waals surface area contributed by atoms with E-state index in [1.165, 1.54) is 0 Å². The van der Waals surface area contributed by atoms with Crippen LogP contribution in [-0.2, 0) is 6.61 Å². The second-order valence-corrected chi connectivity index (χ2v) is 5.53. The summed E-state index contributed by atoms with van der Waals surface area (Å²) in [5.41, 5.74) is 0.841. The molecule has 0 saturated carbocycles. The lowest BCUT2D eigenvalue weighted by Crippen LogP contribution is -2.50. The Morgan fingerprint density at radius 1 is 1.43 bits per heavy atom. The summed E-state index contributed by atoms with van der Waals surface area (Å²) < 4.78 is 4.96. The molecule has 0 fully saturated rings. The highest BCUT2D eigenvalue weighted by Gasteiger charge is 2.34. The molecule has 21 heavy (non-hydrogen) atoms. The average molecular weight is 297 g/mol. The molecular weight excluding hydrogens is 270 g/mol. The van der Waals surface area contributed by atoms with Crippen molar-refractivity contribution in [1.82, 2.24) is 15.8 Å². The lowest BCUT2D eigenvalue weighted by atomic mass is 9.76. The number of amides is 1. The van der Waals surface area contributed by atoms with E-state index in [9.17, 15) is 4.79 Å². The molecule has 0 aliphatic heterocycles. The molecule has 1 rings (SSSR count). The van der Waals surface area contributed by atoms with Crippen LogP contribution in [0.25, 0.3) is 0 Å². The zero-order valence-electron chi connectivity index (χ0n) is 13.6. The first-order valence-electron chi connectivity index (χ1n) is 7.47. The summed E-state index contributed by atoms with van der Waals surface area (Å²) in [6.07, 6.45) is 1.93. The maximum Gasteiger partial charge on any atom is 0.273 e. The van der Waals surface area contributed by atoms with Gasteiger partial charge in [0, 0.05) is 23.6 Å². The van der Waals surface area contributed by atoms with E-state index in [2.05, 4.69) is 29.6 Å². The van der Waals surface area contributed by atoms with E-state index in [1.807, 2.05) is 14.0 Å². The van der Waals surface area contributed by atoms with Crippen molar-refractivity contribution in [2.45, 2.75) is 53.2 Å². The van der Waals surface area contributed by atoms with Crippen LogP contribution in [0.5, 0.6) is 0 Å². The molecule has 0 bridgehead atoms. The number of aliphatic hydroxyl groups excluding tert-OH is 1. The molecule has 1 amide bonds. The van der Waals surface area contributed by atoms with Gasteiger partial charge in [0.15, 0.2) is 11.5 Å². The fraction of sp³-hybridized carbons (Fsp3) is 0.733. The van der Waals surface area contributed by atoms with Crippen LogP contribution >= 0.6 is 0 Å². The number of carbonyl (C=O) groups is 1. The van der Waals surface area contributed by atoms with Gasteiger partial charge in [-0.05, 0) is 33.7 Å². The minimum absolute atomic E-state index is 0.00104. The van der Waals surface area contributed by atoms with Gasteiger partial charge < -0.3 is 20.3 Å². The topological polar surface area (TPSA) is 87.4 Å². The average Bonchev–Trinajstić information content (AvgIpc) is 2.85. The third kappa shape index (κ3) is 3.63. The molecule has 6 heteroatoms. The number of nitrogens with one attached hydrogen (secondary N) is 2. The van der Waals surface area contributed by atoms with Gasteiger partial charge in [0.25, 0.3) is 5.91 Å². The van der Waals surface area contributed by atoms with E-state index in [0.717, 1.165) is 19.4 Å². The van der Waals surface area contributed by atoms with Gasteiger partial charge in [0.05, 0.1) is 0 Å². The number of hydrogen-bond acceptors (Lipinski definition) is 5. The zero-order valence-corrected chi connectivity index (χ0v) is 13.6. The molecule has 6 nitrogen and oxygen atoms in total. The fourth-order valence-corrected chi connectivity index (χ4v) is 2.76. The van der Waals surface area contributed by atoms with E-state index >= 15 is 0 Å². The van der Waals surface area contributed by atoms with Crippen molar-refractivity contribution < 1.29 is 14.4 Å². The van der Waals surface area contributed by atoms with Gasteiger partial charge in [-0.3, -0.25) is 4.79 Å². The Balaban J connectivity index is 2.87. The highest BCUT2D eigenvalue weighted by Crippen LogP contribution is 2.30. The van der Waals surface area contributed by atoms with Crippen molar-refractivity contribution in [2.75, 3.05) is 13.6 Å². The molecule has 0 aromatic carbocycles. The van der Waals surface area contributed by atoms with Crippen LogP contribution in [0, 0.1) is 12.3 Å². The van der Waals surface area contributed by atoms with Gasteiger partial charge in [-0.25, -0.2) is 0 Å². The first-order chi connectivity index (χ1) is 9.95. The minimum Gasteiger partial charge on any atom is -0.388 e. The molecule has 0 aliphatic rings. The Morgan fingerprint density at radius 3 is 2.48 bits per heavy atom. The normalized spacial score (nSPS) is 13.2. The number of nitrogens with zero attached hydrogens (tertiary/aromatic N) is 1. The summed E-state index contributed by atoms with van der Waals surface area (Å²) in [6, 6.07) is 0.00104. The Morgan fingerprint density at radius 2 is 2.05 bits per heavy atom. The summed E-state index contributed by atoms with van der Waals surface area (Å²) in [5.74, 6) is 0.0751. The summed E-state index contributed by atoms with van der Waals surface area (Å²) >= 11 is 0. The Hall–Kier alpha value is -1.40. The molecule has 3 N–H and O–H groups in total. The third-order valence-electron chi connectivity index (χ3n) is 4.58. The summed E-state index contributed by atoms with van der Waals surface area (Å²) in [5, 5.41) is 19.1. The summed E-state index contributed by atoms with van der Waals surface area (Å²) in [7, 11) is 1.92. The minimum atomic E-state index is -0.258. The standard InChI is InChI=1S/C15H27N3O3/c1-6-15(7-2,9-16-5)11(4)17-14(20)13-10(3)12(8-19)21-18-13/h11,16,19H,6-9H2,1-5H3,(H,17,20). The molecule has 0 spiro atoms. The van der Waals surface area contributed by atoms with Crippen molar-refractivity contribution in [3.05, 3.63) is 17.0 Å². The van der Waals surface area contributed by atoms with Crippen LogP contribution in [0.15, 0.2) is 4.52 Å². The Labute approximate surface area is 126 Å². The molecule has 0 radical (unpaired) electrons. The first kappa shape index (κ1) is 17.7. The van der Waals surface area contributed by atoms with Crippen molar-refractivity contribution in [3.8, 4) is 0 Å². The van der Waals surface area contributed by atoms with Crippen LogP contribution in [0.3, 0.4) is 0 Å². The van der Waals surface area contributed by atoms with Gasteiger partial charge in [-0.2, -0.15) is 0 Å². The van der Waals surface area contributed by atoms with Crippen molar-refractivity contribution >= 4 is 5.91 Å². The second-order valence-electron chi connectivity index (χ2n) is 5.53. The second kappa shape index (κ2) is 7.56. The smallest absolute Gasteiger partial charge is 0.273 e. The van der Waals surface area contributed by atoms with Crippen molar-refractivity contribution in [1.29, 1.82) is 0 Å². The van der Waals surface area contributed by atoms with Crippen LogP contribution in [0.4, 0.5) is 0 Å². The van der Waals surface area contributed by atoms with Gasteiger partial charge >= 0.3 is 0 Å². The predicted molar refractivity (Wildman–Crippen MR) is 81.0 cm³/mol. The number of aliphatic hydroxyl groups is 1. The maximum absolute atomic E-state index is 12.4. The number of rotatable bonds is 8. The van der Waals surface area contributed by atoms with Crippen LogP contribution in [0.2, 0.25) is 0 Å². The van der Waals surface area contributed by atoms with Crippen molar-refractivity contribution in [3.63, 3.8) is 0 Å². The van der Waals surface area contributed by atoms with Gasteiger partial charge in [-0.15, -0.1) is 0 Å². The maximum atomic E-state index is 12.4. The molecule has 1 aromatic rings. The van der Waals surface area contributed by atoms with E-state index in [1.54, 1.807) is 6.92 Å². The lowest BCUT2D eigenvalue weighted by Gasteiger charge is -2.38. The highest BCUT2D eigenvalue weighted by molar-refractivity contribution is 5.93. The van der Waals surface area contributed by atoms with Crippen LogP contribution < -0.4 is 10.6 Å². The SMILES string of the molecule is CCC(CC)(CNC)C(C)NC(=O)c1noc(CO)c1C. The number of hydrogen-bond donors (Lipinski definition) is 3. The molecule has 0 aliphatic carbocycles. The largest absolute Gasteiger partial charge is 0.388 e. The highest BCUT2D eigenvalue weighted by atomic mass is 16.5. The molecule has 1 aromatic heterocycles. The van der Waals surface area contributed by atoms with Gasteiger partial charge in [0.2, 0.25) is 0 Å². The predicted octanol–water partition coefficient (Wildman–Crippen LogP) is 1.62. The molecular formula is C15H27N3O3. The molecule has 0 saturated heterocycles. The molecule has 1 atom stereocenters. The van der Waals surface area contributed by atoms with E-state index in [0.29, 0.717) is 11.3 Å². The molecule has 1 heterocycles. The molecule has 1 unspecified atom stereocenters. The Kier molecular flexibility index (Phi) is 6.36. The van der Waals surface area contributed by atoms with Crippen molar-refractivity contribution in [2.24, 2.45) is 5.41 Å². The third-order valence-corrected chi connectivity index (χ3v) is 4.58. The fourth-order valence-electron chi connectivity index (χ4n) is 2.76. The Bertz CT molecular complexity index is 467. The van der Waals surface area contributed by atoms with E-state index in [-0.39, 0.29) is 29.7 Å². The summed E-state index contributed by atoms with van der Waals surface area (Å²) in [6.45, 7) is 8.59. The van der Waals surface area contributed by atoms with Crippen LogP contribution in [-0.4, -0.2) is 35.8 Å². The first-order valence-corrected chi connectivity index (χ1v) is 7.47. The van der Waals surface area contributed by atoms with E-state index < -0.39 is 0 Å². The van der Waals surface area contributed by atoms with Gasteiger partial charge in [-0.1, -0.05) is 19.0 Å². The lowest BCUT2D eigenvalue weighted by molar-refractivity contribution is 0.0865. The summed E-state index contributed by atoms with van der Waals surface area (Å²) in [4.78, 5) is 12.4. The quantitative estimate of drug-likeness (QED) is 0.678. The monoisotopic (exact) mass is 297 g/mol. The van der Waals surface area contributed by atoms with Crippen LogP contribution in [0.1, 0.15) is 55.4 Å². The van der Waals surface area contributed by atoms with Gasteiger partial charge in [0.1, 0.15) is 6.61 Å². The van der Waals surface area contributed by atoms with E-state index in [4.69, 9.17) is 9.63 Å². The number of aromatic nitrogens is 1.